The maximum Gasteiger partial charge on any atom is 0.295 e. The number of amides is 2. The molecule has 0 unspecified atom stereocenters. The van der Waals surface area contributed by atoms with Crippen LogP contribution in [0.1, 0.15) is 12.5 Å². The van der Waals surface area contributed by atoms with Gasteiger partial charge >= 0.3 is 0 Å². The number of methoxy groups -OCH3 is 1. The highest BCUT2D eigenvalue weighted by molar-refractivity contribution is 8.18. The normalized spacial score (nSPS) is 15.3. The van der Waals surface area contributed by atoms with Crippen LogP contribution in [0.25, 0.3) is 6.08 Å². The van der Waals surface area contributed by atoms with Crippen LogP contribution >= 0.6 is 11.8 Å². The second-order valence-electron chi connectivity index (χ2n) is 5.65. The highest BCUT2D eigenvalue weighted by Crippen LogP contribution is 2.34. The van der Waals surface area contributed by atoms with Crippen molar-refractivity contribution in [2.75, 3.05) is 25.7 Å². The van der Waals surface area contributed by atoms with Gasteiger partial charge in [0.1, 0.15) is 0 Å². The molecule has 0 radical (unpaired) electrons. The molecule has 1 fully saturated rings. The van der Waals surface area contributed by atoms with Crippen LogP contribution in [0.3, 0.4) is 0 Å². The number of para-hydroxylation sites is 1. The first-order valence-electron chi connectivity index (χ1n) is 8.47. The van der Waals surface area contributed by atoms with Crippen LogP contribution in [0.2, 0.25) is 0 Å². The SMILES string of the molecule is CCOc1ccc(C=C2SC(=O)N(CNc3ccccc3)C2=O)cc1OC. The Labute approximate surface area is 162 Å². The van der Waals surface area contributed by atoms with Crippen molar-refractivity contribution >= 4 is 34.7 Å². The molecule has 0 saturated carbocycles. The van der Waals surface area contributed by atoms with Crippen LogP contribution in [0.4, 0.5) is 10.5 Å². The van der Waals surface area contributed by atoms with E-state index in [-0.39, 0.29) is 17.8 Å². The van der Waals surface area contributed by atoms with Crippen LogP contribution in [0.5, 0.6) is 11.5 Å². The van der Waals surface area contributed by atoms with E-state index in [9.17, 15) is 9.59 Å². The van der Waals surface area contributed by atoms with Gasteiger partial charge in [0.15, 0.2) is 11.5 Å². The molecule has 27 heavy (non-hydrogen) atoms. The summed E-state index contributed by atoms with van der Waals surface area (Å²) in [7, 11) is 1.56. The average molecular weight is 384 g/mol. The molecule has 0 spiro atoms. The highest BCUT2D eigenvalue weighted by Gasteiger charge is 2.34. The first-order chi connectivity index (χ1) is 13.1. The zero-order valence-electron chi connectivity index (χ0n) is 15.1. The molecule has 140 valence electrons. The van der Waals surface area contributed by atoms with E-state index in [2.05, 4.69) is 5.32 Å². The minimum absolute atomic E-state index is 0.124. The van der Waals surface area contributed by atoms with E-state index in [1.54, 1.807) is 25.3 Å². The first kappa shape index (κ1) is 18.8. The summed E-state index contributed by atoms with van der Waals surface area (Å²) in [5.41, 5.74) is 1.61. The van der Waals surface area contributed by atoms with Gasteiger partial charge in [-0.2, -0.15) is 0 Å². The number of ether oxygens (including phenoxy) is 2. The predicted molar refractivity (Wildman–Crippen MR) is 107 cm³/mol. The van der Waals surface area contributed by atoms with Crippen LogP contribution in [-0.4, -0.2) is 36.4 Å². The Morgan fingerprint density at radius 3 is 2.59 bits per heavy atom. The lowest BCUT2D eigenvalue weighted by molar-refractivity contribution is -0.122. The number of benzene rings is 2. The number of imide groups is 1. The molecule has 2 aromatic rings. The van der Waals surface area contributed by atoms with Crippen molar-refractivity contribution in [2.45, 2.75) is 6.92 Å². The van der Waals surface area contributed by atoms with Gasteiger partial charge in [-0.15, -0.1) is 0 Å². The van der Waals surface area contributed by atoms with Crippen molar-refractivity contribution in [1.29, 1.82) is 0 Å². The van der Waals surface area contributed by atoms with Gasteiger partial charge in [-0.3, -0.25) is 14.5 Å². The maximum atomic E-state index is 12.6. The second-order valence-corrected chi connectivity index (χ2v) is 6.65. The van der Waals surface area contributed by atoms with Crippen molar-refractivity contribution in [3.8, 4) is 11.5 Å². The quantitative estimate of drug-likeness (QED) is 0.722. The Balaban J connectivity index is 1.74. The third kappa shape index (κ3) is 4.43. The summed E-state index contributed by atoms with van der Waals surface area (Å²) in [5, 5.41) is 2.78. The van der Waals surface area contributed by atoms with Crippen molar-refractivity contribution in [3.05, 3.63) is 59.0 Å². The van der Waals surface area contributed by atoms with Crippen LogP contribution in [0.15, 0.2) is 53.4 Å². The fourth-order valence-electron chi connectivity index (χ4n) is 2.56. The smallest absolute Gasteiger partial charge is 0.295 e. The molecule has 1 heterocycles. The largest absolute Gasteiger partial charge is 0.493 e. The molecule has 2 amide bonds. The van der Waals surface area contributed by atoms with Gasteiger partial charge in [0, 0.05) is 5.69 Å². The van der Waals surface area contributed by atoms with E-state index in [1.807, 2.05) is 43.3 Å². The molecule has 0 aliphatic carbocycles. The van der Waals surface area contributed by atoms with Gasteiger partial charge in [-0.05, 0) is 54.6 Å². The minimum Gasteiger partial charge on any atom is -0.493 e. The molecule has 1 saturated heterocycles. The van der Waals surface area contributed by atoms with Crippen LogP contribution < -0.4 is 14.8 Å². The zero-order chi connectivity index (χ0) is 19.2. The summed E-state index contributed by atoms with van der Waals surface area (Å²) in [6, 6.07) is 14.8. The fourth-order valence-corrected chi connectivity index (χ4v) is 3.40. The number of thioether (sulfide) groups is 1. The Morgan fingerprint density at radius 2 is 1.89 bits per heavy atom. The molecule has 3 rings (SSSR count). The van der Waals surface area contributed by atoms with Crippen LogP contribution in [-0.2, 0) is 4.79 Å². The van der Waals surface area contributed by atoms with Gasteiger partial charge in [-0.25, -0.2) is 0 Å². The van der Waals surface area contributed by atoms with E-state index in [0.29, 0.717) is 23.0 Å². The van der Waals surface area contributed by atoms with Crippen molar-refractivity contribution in [1.82, 2.24) is 4.90 Å². The number of hydrogen-bond donors (Lipinski definition) is 1. The number of carbonyl (C=O) groups is 2. The Morgan fingerprint density at radius 1 is 1.11 bits per heavy atom. The molecule has 0 aromatic heterocycles. The number of anilines is 1. The first-order valence-corrected chi connectivity index (χ1v) is 9.29. The van der Waals surface area contributed by atoms with Crippen molar-refractivity contribution < 1.29 is 19.1 Å². The van der Waals surface area contributed by atoms with Gasteiger partial charge < -0.3 is 14.8 Å². The van der Waals surface area contributed by atoms with Gasteiger partial charge in [-0.1, -0.05) is 24.3 Å². The third-order valence-electron chi connectivity index (χ3n) is 3.87. The lowest BCUT2D eigenvalue weighted by atomic mass is 10.2. The van der Waals surface area contributed by atoms with E-state index >= 15 is 0 Å². The standard InChI is InChI=1S/C20H20N2O4S/c1-3-26-16-10-9-14(11-17(16)25-2)12-18-19(23)22(20(24)27-18)13-21-15-7-5-4-6-8-15/h4-12,21H,3,13H2,1-2H3. The lowest BCUT2D eigenvalue weighted by Crippen LogP contribution is -2.33. The molecule has 1 aliphatic rings. The van der Waals surface area contributed by atoms with E-state index < -0.39 is 0 Å². The van der Waals surface area contributed by atoms with Gasteiger partial charge in [0.05, 0.1) is 25.3 Å². The Kier molecular flexibility index (Phi) is 6.03. The van der Waals surface area contributed by atoms with Gasteiger partial charge in [0.2, 0.25) is 0 Å². The number of nitrogens with one attached hydrogen (secondary N) is 1. The predicted octanol–water partition coefficient (Wildman–Crippen LogP) is 4.20. The third-order valence-corrected chi connectivity index (χ3v) is 4.78. The molecule has 0 bridgehead atoms. The number of nitrogens with zero attached hydrogens (tertiary/aromatic N) is 1. The fraction of sp³-hybridized carbons (Fsp3) is 0.200. The van der Waals surface area contributed by atoms with Crippen molar-refractivity contribution in [2.24, 2.45) is 0 Å². The van der Waals surface area contributed by atoms with Gasteiger partial charge in [0.25, 0.3) is 11.1 Å². The summed E-state index contributed by atoms with van der Waals surface area (Å²) >= 11 is 0.926. The summed E-state index contributed by atoms with van der Waals surface area (Å²) in [4.78, 5) is 26.4. The highest BCUT2D eigenvalue weighted by atomic mass is 32.2. The summed E-state index contributed by atoms with van der Waals surface area (Å²) in [6.45, 7) is 2.55. The Hall–Kier alpha value is -2.93. The van der Waals surface area contributed by atoms with E-state index in [0.717, 1.165) is 23.0 Å². The number of hydrogen-bond acceptors (Lipinski definition) is 6. The molecule has 0 atom stereocenters. The molecular formula is C20H20N2O4S. The molecular weight excluding hydrogens is 364 g/mol. The van der Waals surface area contributed by atoms with E-state index in [4.69, 9.17) is 9.47 Å². The summed E-state index contributed by atoms with van der Waals surface area (Å²) in [6.07, 6.45) is 1.69. The minimum atomic E-state index is -0.318. The monoisotopic (exact) mass is 384 g/mol. The molecule has 1 N–H and O–H groups in total. The average Bonchev–Trinajstić information content (AvgIpc) is 2.95. The summed E-state index contributed by atoms with van der Waals surface area (Å²) in [5.74, 6) is 0.897. The topological polar surface area (TPSA) is 67.9 Å². The molecule has 6 nitrogen and oxygen atoms in total. The van der Waals surface area contributed by atoms with E-state index in [1.165, 1.54) is 4.90 Å². The number of carbonyl (C=O) groups excluding carboxylic acids is 2. The maximum absolute atomic E-state index is 12.6. The molecule has 1 aliphatic heterocycles. The summed E-state index contributed by atoms with van der Waals surface area (Å²) < 4.78 is 10.8. The van der Waals surface area contributed by atoms with Crippen molar-refractivity contribution in [3.63, 3.8) is 0 Å². The lowest BCUT2D eigenvalue weighted by Gasteiger charge is -2.14. The Bertz CT molecular complexity index is 868. The molecule has 7 heteroatoms. The second kappa shape index (κ2) is 8.64. The molecule has 2 aromatic carbocycles. The number of rotatable bonds is 7. The zero-order valence-corrected chi connectivity index (χ0v) is 15.9. The van der Waals surface area contributed by atoms with Crippen LogP contribution in [0, 0.1) is 0 Å².